The zero-order chi connectivity index (χ0) is 15.5. The van der Waals surface area contributed by atoms with Gasteiger partial charge >= 0.3 is 0 Å². The molecule has 1 saturated heterocycles. The molecule has 0 amide bonds. The Morgan fingerprint density at radius 2 is 2.18 bits per heavy atom. The Hall–Kier alpha value is -1.22. The lowest BCUT2D eigenvalue weighted by molar-refractivity contribution is -0.385. The second-order valence-corrected chi connectivity index (χ2v) is 6.98. The molecule has 0 aliphatic carbocycles. The quantitative estimate of drug-likeness (QED) is 0.622. The van der Waals surface area contributed by atoms with E-state index >= 15 is 0 Å². The van der Waals surface area contributed by atoms with Crippen LogP contribution in [0.25, 0.3) is 0 Å². The molecule has 0 aromatic heterocycles. The van der Waals surface area contributed by atoms with Gasteiger partial charge in [0, 0.05) is 18.2 Å². The summed E-state index contributed by atoms with van der Waals surface area (Å²) >= 11 is 0. The molecule has 1 heterocycles. The van der Waals surface area contributed by atoms with E-state index in [0.717, 1.165) is 32.0 Å². The molecule has 0 spiro atoms. The summed E-state index contributed by atoms with van der Waals surface area (Å²) in [6.45, 7) is 3.56. The molecule has 1 aliphatic rings. The number of benzene rings is 1. The summed E-state index contributed by atoms with van der Waals surface area (Å²) in [5.41, 5.74) is -0.232. The van der Waals surface area contributed by atoms with Crippen molar-refractivity contribution in [3.63, 3.8) is 0 Å². The van der Waals surface area contributed by atoms with Gasteiger partial charge in [0.15, 0.2) is 0 Å². The van der Waals surface area contributed by atoms with E-state index in [1.807, 2.05) is 6.92 Å². The third-order valence-electron chi connectivity index (χ3n) is 3.72. The zero-order valence-electron chi connectivity index (χ0n) is 12.2. The van der Waals surface area contributed by atoms with Crippen LogP contribution in [0.2, 0.25) is 0 Å². The van der Waals surface area contributed by atoms with E-state index in [9.17, 15) is 18.5 Å². The lowest BCUT2D eigenvalue weighted by Gasteiger charge is -2.28. The standard InChI is InChI=1S/C13H19N3O4S.ClH/c1-10(11-4-3-7-14-9-11)15-21(19,20)13-6-2-5-12(8-13)16(17)18;/h2,5-6,8,10-11,14-15H,3-4,7,9H2,1H3;1H. The molecule has 2 N–H and O–H groups in total. The maximum absolute atomic E-state index is 12.3. The fourth-order valence-corrected chi connectivity index (χ4v) is 3.83. The van der Waals surface area contributed by atoms with Gasteiger partial charge in [-0.05, 0) is 44.8 Å². The molecule has 1 aliphatic heterocycles. The lowest BCUT2D eigenvalue weighted by atomic mass is 9.94. The van der Waals surface area contributed by atoms with Crippen LogP contribution < -0.4 is 10.0 Å². The molecule has 9 heteroatoms. The number of halogens is 1. The minimum atomic E-state index is -3.75. The molecule has 2 atom stereocenters. The number of hydrogen-bond donors (Lipinski definition) is 2. The molecule has 1 aromatic carbocycles. The van der Waals surface area contributed by atoms with Crippen molar-refractivity contribution in [2.24, 2.45) is 5.92 Å². The summed E-state index contributed by atoms with van der Waals surface area (Å²) in [6, 6.07) is 4.87. The van der Waals surface area contributed by atoms with Crippen molar-refractivity contribution in [3.8, 4) is 0 Å². The van der Waals surface area contributed by atoms with E-state index in [2.05, 4.69) is 10.0 Å². The second kappa shape index (κ2) is 7.87. The minimum absolute atomic E-state index is 0. The fourth-order valence-electron chi connectivity index (χ4n) is 2.48. The number of nitro groups is 1. The summed E-state index contributed by atoms with van der Waals surface area (Å²) in [5, 5.41) is 14.0. The Bertz CT molecular complexity index is 617. The first-order valence-corrected chi connectivity index (χ1v) is 8.36. The van der Waals surface area contributed by atoms with Gasteiger partial charge < -0.3 is 5.32 Å². The van der Waals surface area contributed by atoms with Crippen LogP contribution in [0, 0.1) is 16.0 Å². The molecule has 22 heavy (non-hydrogen) atoms. The summed E-state index contributed by atoms with van der Waals surface area (Å²) in [4.78, 5) is 10.1. The van der Waals surface area contributed by atoms with Gasteiger partial charge in [-0.25, -0.2) is 13.1 Å². The van der Waals surface area contributed by atoms with E-state index in [1.54, 1.807) is 0 Å². The van der Waals surface area contributed by atoms with Crippen molar-refractivity contribution in [1.82, 2.24) is 10.0 Å². The number of piperidine rings is 1. The van der Waals surface area contributed by atoms with Crippen molar-refractivity contribution in [2.45, 2.75) is 30.7 Å². The predicted molar refractivity (Wildman–Crippen MR) is 85.7 cm³/mol. The van der Waals surface area contributed by atoms with Crippen LogP contribution in [0.4, 0.5) is 5.69 Å². The predicted octanol–water partition coefficient (Wildman–Crippen LogP) is 1.68. The highest BCUT2D eigenvalue weighted by atomic mass is 35.5. The van der Waals surface area contributed by atoms with Crippen LogP contribution in [-0.2, 0) is 10.0 Å². The first-order valence-electron chi connectivity index (χ1n) is 6.87. The highest BCUT2D eigenvalue weighted by Crippen LogP contribution is 2.20. The summed E-state index contributed by atoms with van der Waals surface area (Å²) in [6.07, 6.45) is 1.99. The Morgan fingerprint density at radius 1 is 1.45 bits per heavy atom. The van der Waals surface area contributed by atoms with E-state index in [-0.39, 0.29) is 34.9 Å². The van der Waals surface area contributed by atoms with E-state index < -0.39 is 14.9 Å². The number of rotatable bonds is 5. The first-order chi connectivity index (χ1) is 9.90. The Labute approximate surface area is 136 Å². The van der Waals surface area contributed by atoms with Crippen molar-refractivity contribution in [2.75, 3.05) is 13.1 Å². The lowest BCUT2D eigenvalue weighted by Crippen LogP contribution is -2.44. The van der Waals surface area contributed by atoms with Crippen molar-refractivity contribution in [3.05, 3.63) is 34.4 Å². The van der Waals surface area contributed by atoms with Crippen molar-refractivity contribution < 1.29 is 13.3 Å². The van der Waals surface area contributed by atoms with Crippen LogP contribution in [0.5, 0.6) is 0 Å². The molecule has 0 radical (unpaired) electrons. The summed E-state index contributed by atoms with van der Waals surface area (Å²) in [5.74, 6) is 0.229. The molecule has 2 unspecified atom stereocenters. The van der Waals surface area contributed by atoms with Crippen LogP contribution >= 0.6 is 12.4 Å². The third-order valence-corrected chi connectivity index (χ3v) is 5.28. The van der Waals surface area contributed by atoms with Gasteiger partial charge in [-0.1, -0.05) is 6.07 Å². The van der Waals surface area contributed by atoms with Gasteiger partial charge in [0.1, 0.15) is 0 Å². The maximum atomic E-state index is 12.3. The Kier molecular flexibility index (Phi) is 6.73. The number of non-ortho nitro benzene ring substituents is 1. The third kappa shape index (κ3) is 4.64. The Balaban J connectivity index is 0.00000242. The monoisotopic (exact) mass is 349 g/mol. The van der Waals surface area contributed by atoms with E-state index in [0.29, 0.717) is 0 Å². The number of nitrogens with zero attached hydrogens (tertiary/aromatic N) is 1. The molecular formula is C13H20ClN3O4S. The van der Waals surface area contributed by atoms with Gasteiger partial charge in [-0.2, -0.15) is 0 Å². The number of nitro benzene ring substituents is 1. The smallest absolute Gasteiger partial charge is 0.270 e. The van der Waals surface area contributed by atoms with Gasteiger partial charge in [-0.3, -0.25) is 10.1 Å². The first kappa shape index (κ1) is 18.8. The van der Waals surface area contributed by atoms with Gasteiger partial charge in [-0.15, -0.1) is 12.4 Å². The number of nitrogens with one attached hydrogen (secondary N) is 2. The van der Waals surface area contributed by atoms with E-state index in [4.69, 9.17) is 0 Å². The van der Waals surface area contributed by atoms with Crippen molar-refractivity contribution >= 4 is 28.1 Å². The molecule has 124 valence electrons. The normalized spacial score (nSPS) is 20.0. The molecule has 0 bridgehead atoms. The number of hydrogen-bond acceptors (Lipinski definition) is 5. The summed E-state index contributed by atoms with van der Waals surface area (Å²) < 4.78 is 27.2. The fraction of sp³-hybridized carbons (Fsp3) is 0.538. The average molecular weight is 350 g/mol. The molecular weight excluding hydrogens is 330 g/mol. The maximum Gasteiger partial charge on any atom is 0.270 e. The average Bonchev–Trinajstić information content (AvgIpc) is 2.48. The van der Waals surface area contributed by atoms with Crippen LogP contribution in [0.15, 0.2) is 29.2 Å². The highest BCUT2D eigenvalue weighted by molar-refractivity contribution is 7.89. The topological polar surface area (TPSA) is 101 Å². The molecule has 2 rings (SSSR count). The summed E-state index contributed by atoms with van der Waals surface area (Å²) in [7, 11) is -3.75. The van der Waals surface area contributed by atoms with Crippen LogP contribution in [0.3, 0.4) is 0 Å². The van der Waals surface area contributed by atoms with Gasteiger partial charge in [0.2, 0.25) is 10.0 Å². The van der Waals surface area contributed by atoms with Crippen LogP contribution in [0.1, 0.15) is 19.8 Å². The Morgan fingerprint density at radius 3 is 2.77 bits per heavy atom. The second-order valence-electron chi connectivity index (χ2n) is 5.27. The van der Waals surface area contributed by atoms with Gasteiger partial charge in [0.05, 0.1) is 9.82 Å². The zero-order valence-corrected chi connectivity index (χ0v) is 13.8. The molecule has 1 aromatic rings. The van der Waals surface area contributed by atoms with E-state index in [1.165, 1.54) is 18.2 Å². The molecule has 0 saturated carbocycles. The SMILES string of the molecule is CC(NS(=O)(=O)c1cccc([N+](=O)[O-])c1)C1CCCNC1.Cl. The largest absolute Gasteiger partial charge is 0.316 e. The highest BCUT2D eigenvalue weighted by Gasteiger charge is 2.25. The number of sulfonamides is 1. The van der Waals surface area contributed by atoms with Crippen molar-refractivity contribution in [1.29, 1.82) is 0 Å². The molecule has 1 fully saturated rings. The molecule has 7 nitrogen and oxygen atoms in total. The van der Waals surface area contributed by atoms with Gasteiger partial charge in [0.25, 0.3) is 5.69 Å². The minimum Gasteiger partial charge on any atom is -0.316 e. The van der Waals surface area contributed by atoms with Crippen LogP contribution in [-0.4, -0.2) is 32.5 Å².